The number of anilines is 1. The Kier molecular flexibility index (Phi) is 6.01. The normalized spacial score (nSPS) is 18.0. The fourth-order valence-corrected chi connectivity index (χ4v) is 5.02. The van der Waals surface area contributed by atoms with Crippen molar-refractivity contribution in [1.29, 1.82) is 0 Å². The maximum absolute atomic E-state index is 12.0. The van der Waals surface area contributed by atoms with E-state index in [-0.39, 0.29) is 17.0 Å². The largest absolute Gasteiger partial charge is 0.360 e. The standard InChI is InChI=1S/C26H34N6O/c1-25(2)14-18(15-26(3,4)31-25)29-24-27-13-12-21(30-24)20-16-28-23-17(8-7-9-19(20)23)10-11-22(33)32(5)6/h7-13,16,18,28,31H,14-15H2,1-6H3,(H,27,29,30)/b11-10+. The third-order valence-electron chi connectivity index (χ3n) is 6.05. The van der Waals surface area contributed by atoms with Gasteiger partial charge in [-0.1, -0.05) is 18.2 Å². The number of hydrogen-bond acceptors (Lipinski definition) is 5. The van der Waals surface area contributed by atoms with Crippen molar-refractivity contribution in [3.05, 3.63) is 48.3 Å². The zero-order chi connectivity index (χ0) is 23.8. The van der Waals surface area contributed by atoms with E-state index in [0.29, 0.717) is 12.0 Å². The molecule has 1 aliphatic rings. The van der Waals surface area contributed by atoms with Crippen LogP contribution in [0.5, 0.6) is 0 Å². The molecule has 0 aliphatic carbocycles. The summed E-state index contributed by atoms with van der Waals surface area (Å²) in [6, 6.07) is 8.29. The molecule has 174 valence electrons. The van der Waals surface area contributed by atoms with Crippen LogP contribution < -0.4 is 10.6 Å². The summed E-state index contributed by atoms with van der Waals surface area (Å²) in [5, 5.41) is 8.35. The first-order chi connectivity index (χ1) is 15.5. The predicted molar refractivity (Wildman–Crippen MR) is 135 cm³/mol. The fourth-order valence-electron chi connectivity index (χ4n) is 5.02. The van der Waals surface area contributed by atoms with E-state index in [2.05, 4.69) is 54.4 Å². The molecule has 33 heavy (non-hydrogen) atoms. The first kappa shape index (κ1) is 23.0. The quantitative estimate of drug-likeness (QED) is 0.504. The molecule has 0 spiro atoms. The summed E-state index contributed by atoms with van der Waals surface area (Å²) in [6.45, 7) is 8.96. The van der Waals surface area contributed by atoms with Crippen LogP contribution in [0.15, 0.2) is 42.7 Å². The summed E-state index contributed by atoms with van der Waals surface area (Å²) < 4.78 is 0. The first-order valence-corrected chi connectivity index (χ1v) is 11.4. The number of aromatic nitrogens is 3. The number of benzene rings is 1. The lowest BCUT2D eigenvalue weighted by atomic mass is 9.80. The van der Waals surface area contributed by atoms with Crippen LogP contribution in [0, 0.1) is 0 Å². The summed E-state index contributed by atoms with van der Waals surface area (Å²) in [4.78, 5) is 26.2. The molecule has 1 amide bonds. The number of fused-ring (bicyclic) bond motifs is 1. The fraction of sp³-hybridized carbons (Fsp3) is 0.423. The van der Waals surface area contributed by atoms with Gasteiger partial charge in [0.1, 0.15) is 0 Å². The minimum atomic E-state index is -0.0467. The van der Waals surface area contributed by atoms with Gasteiger partial charge in [-0.15, -0.1) is 0 Å². The van der Waals surface area contributed by atoms with Gasteiger partial charge in [0.25, 0.3) is 0 Å². The Hall–Kier alpha value is -3.19. The van der Waals surface area contributed by atoms with Crippen LogP contribution in [0.3, 0.4) is 0 Å². The summed E-state index contributed by atoms with van der Waals surface area (Å²) in [5.41, 5.74) is 3.90. The highest BCUT2D eigenvalue weighted by Crippen LogP contribution is 2.32. The molecule has 2 aromatic heterocycles. The predicted octanol–water partition coefficient (Wildman–Crippen LogP) is 4.45. The zero-order valence-electron chi connectivity index (χ0n) is 20.4. The smallest absolute Gasteiger partial charge is 0.246 e. The number of piperidine rings is 1. The SMILES string of the molecule is CN(C)C(=O)/C=C/c1cccc2c(-c3ccnc(NC4CC(C)(C)NC(C)(C)C4)n3)c[nH]c12. The second-order valence-corrected chi connectivity index (χ2v) is 10.4. The molecule has 0 atom stereocenters. The average Bonchev–Trinajstić information content (AvgIpc) is 3.14. The number of aromatic amines is 1. The van der Waals surface area contributed by atoms with Crippen molar-refractivity contribution in [3.63, 3.8) is 0 Å². The van der Waals surface area contributed by atoms with Crippen LogP contribution in [0.4, 0.5) is 5.95 Å². The molecule has 0 unspecified atom stereocenters. The molecule has 4 rings (SSSR count). The molecule has 7 heteroatoms. The number of H-pyrrole nitrogens is 1. The van der Waals surface area contributed by atoms with Crippen LogP contribution in [-0.4, -0.2) is 57.0 Å². The van der Waals surface area contributed by atoms with Gasteiger partial charge in [0, 0.05) is 60.6 Å². The number of para-hydroxylation sites is 1. The van der Waals surface area contributed by atoms with Gasteiger partial charge in [-0.05, 0) is 58.2 Å². The summed E-state index contributed by atoms with van der Waals surface area (Å²) >= 11 is 0. The number of carbonyl (C=O) groups excluding carboxylic acids is 1. The van der Waals surface area contributed by atoms with Crippen molar-refractivity contribution in [3.8, 4) is 11.3 Å². The molecule has 0 saturated carbocycles. The molecule has 3 heterocycles. The average molecular weight is 447 g/mol. The molecular weight excluding hydrogens is 412 g/mol. The summed E-state index contributed by atoms with van der Waals surface area (Å²) in [7, 11) is 3.49. The van der Waals surface area contributed by atoms with E-state index in [0.717, 1.165) is 40.6 Å². The number of nitrogens with zero attached hydrogens (tertiary/aromatic N) is 3. The van der Waals surface area contributed by atoms with Crippen molar-refractivity contribution in [2.75, 3.05) is 19.4 Å². The van der Waals surface area contributed by atoms with Gasteiger partial charge < -0.3 is 20.5 Å². The Labute approximate surface area is 195 Å². The number of rotatable bonds is 5. The van der Waals surface area contributed by atoms with Crippen LogP contribution in [0.2, 0.25) is 0 Å². The Bertz CT molecular complexity index is 1170. The lowest BCUT2D eigenvalue weighted by molar-refractivity contribution is -0.123. The van der Waals surface area contributed by atoms with Crippen LogP contribution in [-0.2, 0) is 4.79 Å². The molecular formula is C26H34N6O. The van der Waals surface area contributed by atoms with E-state index in [1.807, 2.05) is 30.5 Å². The van der Waals surface area contributed by atoms with Crippen LogP contribution >= 0.6 is 0 Å². The van der Waals surface area contributed by atoms with Gasteiger partial charge in [-0.2, -0.15) is 0 Å². The van der Waals surface area contributed by atoms with Gasteiger partial charge in [-0.25, -0.2) is 9.97 Å². The second-order valence-electron chi connectivity index (χ2n) is 10.4. The Morgan fingerprint density at radius 3 is 2.58 bits per heavy atom. The molecule has 3 N–H and O–H groups in total. The molecule has 1 aromatic carbocycles. The molecule has 1 fully saturated rings. The van der Waals surface area contributed by atoms with E-state index in [1.165, 1.54) is 0 Å². The molecule has 1 saturated heterocycles. The van der Waals surface area contributed by atoms with Crippen LogP contribution in [0.25, 0.3) is 28.2 Å². The second kappa shape index (κ2) is 8.63. The minimum Gasteiger partial charge on any atom is -0.360 e. The highest BCUT2D eigenvalue weighted by molar-refractivity contribution is 6.00. The number of likely N-dealkylation sites (N-methyl/N-ethyl adjacent to an activating group) is 1. The lowest BCUT2D eigenvalue weighted by Crippen LogP contribution is -2.60. The Morgan fingerprint density at radius 1 is 1.15 bits per heavy atom. The first-order valence-electron chi connectivity index (χ1n) is 11.4. The number of carbonyl (C=O) groups is 1. The maximum Gasteiger partial charge on any atom is 0.246 e. The summed E-state index contributed by atoms with van der Waals surface area (Å²) in [6.07, 6.45) is 9.21. The molecule has 1 aliphatic heterocycles. The topological polar surface area (TPSA) is 85.9 Å². The number of hydrogen-bond donors (Lipinski definition) is 3. The van der Waals surface area contributed by atoms with Crippen molar-refractivity contribution >= 4 is 28.8 Å². The minimum absolute atomic E-state index is 0.0467. The van der Waals surface area contributed by atoms with Crippen LogP contribution in [0.1, 0.15) is 46.1 Å². The van der Waals surface area contributed by atoms with Gasteiger partial charge in [0.05, 0.1) is 11.2 Å². The Balaban J connectivity index is 1.61. The molecule has 7 nitrogen and oxygen atoms in total. The van der Waals surface area contributed by atoms with Gasteiger partial charge in [0.2, 0.25) is 11.9 Å². The lowest BCUT2D eigenvalue weighted by Gasteiger charge is -2.46. The van der Waals surface area contributed by atoms with Gasteiger partial charge in [0.15, 0.2) is 0 Å². The highest BCUT2D eigenvalue weighted by atomic mass is 16.2. The monoisotopic (exact) mass is 446 g/mol. The van der Waals surface area contributed by atoms with E-state index in [9.17, 15) is 4.79 Å². The van der Waals surface area contributed by atoms with Crippen molar-refractivity contribution < 1.29 is 4.79 Å². The number of amides is 1. The van der Waals surface area contributed by atoms with Crippen molar-refractivity contribution in [2.45, 2.75) is 57.7 Å². The number of nitrogens with one attached hydrogen (secondary N) is 3. The third-order valence-corrected chi connectivity index (χ3v) is 6.05. The highest BCUT2D eigenvalue weighted by Gasteiger charge is 2.37. The maximum atomic E-state index is 12.0. The summed E-state index contributed by atoms with van der Waals surface area (Å²) in [5.74, 6) is 0.600. The van der Waals surface area contributed by atoms with E-state index in [4.69, 9.17) is 4.98 Å². The molecule has 0 radical (unpaired) electrons. The van der Waals surface area contributed by atoms with E-state index in [1.54, 1.807) is 31.3 Å². The third kappa shape index (κ3) is 5.25. The van der Waals surface area contributed by atoms with Gasteiger partial charge in [-0.3, -0.25) is 4.79 Å². The Morgan fingerprint density at radius 2 is 1.88 bits per heavy atom. The van der Waals surface area contributed by atoms with Crippen molar-refractivity contribution in [1.82, 2.24) is 25.2 Å². The van der Waals surface area contributed by atoms with Gasteiger partial charge >= 0.3 is 0 Å². The molecule has 3 aromatic rings. The molecule has 0 bridgehead atoms. The van der Waals surface area contributed by atoms with E-state index >= 15 is 0 Å². The van der Waals surface area contributed by atoms with Crippen molar-refractivity contribution in [2.24, 2.45) is 0 Å². The van der Waals surface area contributed by atoms with E-state index < -0.39 is 0 Å². The zero-order valence-corrected chi connectivity index (χ0v) is 20.4.